The Hall–Kier alpha value is -2.79. The lowest BCUT2D eigenvalue weighted by molar-refractivity contribution is -0.141. The van der Waals surface area contributed by atoms with Crippen LogP contribution in [0.4, 0.5) is 24.8 Å². The Bertz CT molecular complexity index is 1100. The SMILES string of the molecule is CC(Sc1nnc(N2CCOCC2)n1CC(F)(F)F)C(=O)Nc1ccc2ccccc2c1. The highest BCUT2D eigenvalue weighted by molar-refractivity contribution is 8.00. The lowest BCUT2D eigenvalue weighted by atomic mass is 10.1. The van der Waals surface area contributed by atoms with E-state index in [1.54, 1.807) is 17.9 Å². The van der Waals surface area contributed by atoms with E-state index in [1.165, 1.54) is 0 Å². The number of rotatable bonds is 6. The Morgan fingerprint density at radius 2 is 1.88 bits per heavy atom. The highest BCUT2D eigenvalue weighted by Crippen LogP contribution is 2.30. The number of fused-ring (bicyclic) bond motifs is 1. The normalized spacial score (nSPS) is 15.7. The molecule has 0 bridgehead atoms. The average Bonchev–Trinajstić information content (AvgIpc) is 3.14. The van der Waals surface area contributed by atoms with Crippen molar-refractivity contribution in [2.24, 2.45) is 0 Å². The molecule has 1 N–H and O–H groups in total. The smallest absolute Gasteiger partial charge is 0.378 e. The zero-order valence-electron chi connectivity index (χ0n) is 17.3. The van der Waals surface area contributed by atoms with E-state index >= 15 is 0 Å². The minimum atomic E-state index is -4.45. The van der Waals surface area contributed by atoms with Crippen LogP contribution in [0.25, 0.3) is 10.8 Å². The number of nitrogens with zero attached hydrogens (tertiary/aromatic N) is 4. The molecule has 1 saturated heterocycles. The Morgan fingerprint density at radius 1 is 1.16 bits per heavy atom. The van der Waals surface area contributed by atoms with Crippen molar-refractivity contribution in [1.82, 2.24) is 14.8 Å². The topological polar surface area (TPSA) is 72.3 Å². The number of anilines is 2. The van der Waals surface area contributed by atoms with Gasteiger partial charge in [-0.3, -0.25) is 9.36 Å². The largest absolute Gasteiger partial charge is 0.406 e. The molecule has 170 valence electrons. The number of hydrogen-bond acceptors (Lipinski definition) is 6. The van der Waals surface area contributed by atoms with Crippen LogP contribution in [0.2, 0.25) is 0 Å². The first kappa shape index (κ1) is 22.4. The standard InChI is InChI=1S/C21H22F3N5O2S/c1-14(18(30)25-17-7-6-15-4-2-3-5-16(15)12-17)32-20-27-26-19(28-8-10-31-11-9-28)29(20)13-21(22,23)24/h2-7,12,14H,8-11,13H2,1H3,(H,25,30). The predicted molar refractivity (Wildman–Crippen MR) is 117 cm³/mol. The average molecular weight is 466 g/mol. The van der Waals surface area contributed by atoms with Crippen molar-refractivity contribution in [2.45, 2.75) is 30.1 Å². The fraction of sp³-hybridized carbons (Fsp3) is 0.381. The molecular weight excluding hydrogens is 443 g/mol. The van der Waals surface area contributed by atoms with Gasteiger partial charge in [0.05, 0.1) is 18.5 Å². The Morgan fingerprint density at radius 3 is 2.59 bits per heavy atom. The number of alkyl halides is 3. The molecule has 1 amide bonds. The second-order valence-corrected chi connectivity index (χ2v) is 8.70. The van der Waals surface area contributed by atoms with Crippen LogP contribution in [0.3, 0.4) is 0 Å². The van der Waals surface area contributed by atoms with Crippen LogP contribution in [0.5, 0.6) is 0 Å². The molecule has 7 nitrogen and oxygen atoms in total. The maximum Gasteiger partial charge on any atom is 0.406 e. The number of carbonyl (C=O) groups excluding carboxylic acids is 1. The van der Waals surface area contributed by atoms with E-state index in [1.807, 2.05) is 36.4 Å². The Labute approximate surface area is 186 Å². The van der Waals surface area contributed by atoms with Crippen LogP contribution in [0, 0.1) is 0 Å². The minimum Gasteiger partial charge on any atom is -0.378 e. The molecule has 32 heavy (non-hydrogen) atoms. The summed E-state index contributed by atoms with van der Waals surface area (Å²) in [6.07, 6.45) is -4.45. The number of benzene rings is 2. The lowest BCUT2D eigenvalue weighted by Crippen LogP contribution is -2.38. The number of hydrogen-bond donors (Lipinski definition) is 1. The summed E-state index contributed by atoms with van der Waals surface area (Å²) in [5.41, 5.74) is 0.618. The summed E-state index contributed by atoms with van der Waals surface area (Å²) in [5, 5.41) is 12.2. The van der Waals surface area contributed by atoms with Crippen molar-refractivity contribution >= 4 is 40.1 Å². The van der Waals surface area contributed by atoms with Gasteiger partial charge in [0.15, 0.2) is 5.16 Å². The quantitative estimate of drug-likeness (QED) is 0.556. The highest BCUT2D eigenvalue weighted by Gasteiger charge is 2.33. The van der Waals surface area contributed by atoms with Gasteiger partial charge < -0.3 is 15.0 Å². The molecule has 1 fully saturated rings. The van der Waals surface area contributed by atoms with Crippen molar-refractivity contribution in [3.8, 4) is 0 Å². The first-order chi connectivity index (χ1) is 15.3. The van der Waals surface area contributed by atoms with Gasteiger partial charge in [-0.1, -0.05) is 42.1 Å². The van der Waals surface area contributed by atoms with Crippen LogP contribution in [0.1, 0.15) is 6.92 Å². The van der Waals surface area contributed by atoms with Crippen LogP contribution in [0.15, 0.2) is 47.6 Å². The number of nitrogens with one attached hydrogen (secondary N) is 1. The molecule has 2 heterocycles. The molecule has 1 unspecified atom stereocenters. The van der Waals surface area contributed by atoms with Gasteiger partial charge in [-0.25, -0.2) is 0 Å². The molecule has 11 heteroatoms. The van der Waals surface area contributed by atoms with E-state index in [0.717, 1.165) is 27.1 Å². The first-order valence-corrected chi connectivity index (χ1v) is 11.0. The van der Waals surface area contributed by atoms with Gasteiger partial charge in [0.1, 0.15) is 6.54 Å². The maximum atomic E-state index is 13.2. The fourth-order valence-electron chi connectivity index (χ4n) is 3.41. The first-order valence-electron chi connectivity index (χ1n) is 10.1. The summed E-state index contributed by atoms with van der Waals surface area (Å²) >= 11 is 0.946. The van der Waals surface area contributed by atoms with Crippen LogP contribution < -0.4 is 10.2 Å². The minimum absolute atomic E-state index is 0.0463. The third-order valence-electron chi connectivity index (χ3n) is 5.00. The van der Waals surface area contributed by atoms with Gasteiger partial charge in [0.25, 0.3) is 0 Å². The summed E-state index contributed by atoms with van der Waals surface area (Å²) in [6.45, 7) is 2.07. The Kier molecular flexibility index (Phi) is 6.56. The van der Waals surface area contributed by atoms with E-state index < -0.39 is 18.0 Å². The zero-order chi connectivity index (χ0) is 22.7. The van der Waals surface area contributed by atoms with Gasteiger partial charge in [-0.15, -0.1) is 10.2 Å². The molecule has 1 aromatic heterocycles. The maximum absolute atomic E-state index is 13.2. The summed E-state index contributed by atoms with van der Waals surface area (Å²) in [5.74, 6) is -0.199. The lowest BCUT2D eigenvalue weighted by Gasteiger charge is -2.28. The number of thioether (sulfide) groups is 1. The third-order valence-corrected chi connectivity index (χ3v) is 6.08. The van der Waals surface area contributed by atoms with Crippen molar-refractivity contribution in [3.05, 3.63) is 42.5 Å². The van der Waals surface area contributed by atoms with Gasteiger partial charge in [-0.2, -0.15) is 13.2 Å². The summed E-state index contributed by atoms with van der Waals surface area (Å²) in [7, 11) is 0. The monoisotopic (exact) mass is 465 g/mol. The molecule has 1 aliphatic rings. The summed E-state index contributed by atoms with van der Waals surface area (Å²) in [6, 6.07) is 13.3. The van der Waals surface area contributed by atoms with E-state index in [2.05, 4.69) is 15.5 Å². The second kappa shape index (κ2) is 9.37. The van der Waals surface area contributed by atoms with Crippen LogP contribution >= 0.6 is 11.8 Å². The van der Waals surface area contributed by atoms with Gasteiger partial charge in [0, 0.05) is 18.8 Å². The van der Waals surface area contributed by atoms with E-state index in [9.17, 15) is 18.0 Å². The number of halogens is 3. The number of amides is 1. The molecule has 1 atom stereocenters. The fourth-order valence-corrected chi connectivity index (χ4v) is 4.25. The van der Waals surface area contributed by atoms with E-state index in [-0.39, 0.29) is 17.0 Å². The number of morpholine rings is 1. The van der Waals surface area contributed by atoms with Crippen molar-refractivity contribution in [2.75, 3.05) is 36.5 Å². The molecule has 1 aliphatic heterocycles. The van der Waals surface area contributed by atoms with Crippen LogP contribution in [-0.2, 0) is 16.1 Å². The molecule has 2 aromatic carbocycles. The number of carbonyl (C=O) groups is 1. The van der Waals surface area contributed by atoms with Crippen molar-refractivity contribution in [3.63, 3.8) is 0 Å². The molecule has 3 aromatic rings. The van der Waals surface area contributed by atoms with Gasteiger partial charge >= 0.3 is 6.18 Å². The molecule has 0 radical (unpaired) electrons. The van der Waals surface area contributed by atoms with E-state index in [4.69, 9.17) is 4.74 Å². The predicted octanol–water partition coefficient (Wildman–Crippen LogP) is 3.95. The summed E-state index contributed by atoms with van der Waals surface area (Å²) in [4.78, 5) is 14.4. The molecule has 0 spiro atoms. The molecule has 0 saturated carbocycles. The number of aromatic nitrogens is 3. The highest BCUT2D eigenvalue weighted by atomic mass is 32.2. The molecule has 0 aliphatic carbocycles. The Balaban J connectivity index is 1.50. The number of ether oxygens (including phenoxy) is 1. The molecule has 4 rings (SSSR count). The second-order valence-electron chi connectivity index (χ2n) is 7.39. The van der Waals surface area contributed by atoms with Crippen LogP contribution in [-0.4, -0.2) is 58.4 Å². The third kappa shape index (κ3) is 5.33. The van der Waals surface area contributed by atoms with E-state index in [0.29, 0.717) is 32.0 Å². The van der Waals surface area contributed by atoms with Crippen molar-refractivity contribution < 1.29 is 22.7 Å². The zero-order valence-corrected chi connectivity index (χ0v) is 18.1. The van der Waals surface area contributed by atoms with Crippen molar-refractivity contribution in [1.29, 1.82) is 0 Å². The summed E-state index contributed by atoms with van der Waals surface area (Å²) < 4.78 is 46.0. The molecular formula is C21H22F3N5O2S. The van der Waals surface area contributed by atoms with Gasteiger partial charge in [0.2, 0.25) is 11.9 Å². The van der Waals surface area contributed by atoms with Gasteiger partial charge in [-0.05, 0) is 29.8 Å².